The van der Waals surface area contributed by atoms with Gasteiger partial charge < -0.3 is 10.5 Å². The molecule has 3 heterocycles. The maximum Gasteiger partial charge on any atom is 0.248 e. The Morgan fingerprint density at radius 1 is 1.12 bits per heavy atom. The standard InChI is InChI=1S/C18H12FN5O2/c19-13-7-11(18(20)25)1-2-16(13)26-17-8-12(14-9-21-5-6-22-14)10-24-15(17)3-4-23-24/h1-10H,(H2,20,25). The molecule has 1 aromatic carbocycles. The molecule has 1 amide bonds. The molecular weight excluding hydrogens is 337 g/mol. The van der Waals surface area contributed by atoms with Crippen molar-refractivity contribution in [3.63, 3.8) is 0 Å². The van der Waals surface area contributed by atoms with Gasteiger partial charge in [0.1, 0.15) is 5.52 Å². The number of fused-ring (bicyclic) bond motifs is 1. The molecule has 128 valence electrons. The molecule has 2 N–H and O–H groups in total. The molecule has 0 unspecified atom stereocenters. The molecule has 0 fully saturated rings. The van der Waals surface area contributed by atoms with Crippen molar-refractivity contribution in [2.45, 2.75) is 0 Å². The zero-order valence-electron chi connectivity index (χ0n) is 13.3. The lowest BCUT2D eigenvalue weighted by Crippen LogP contribution is -2.11. The van der Waals surface area contributed by atoms with Crippen LogP contribution in [0.25, 0.3) is 16.8 Å². The monoisotopic (exact) mass is 349 g/mol. The molecule has 0 atom stereocenters. The summed E-state index contributed by atoms with van der Waals surface area (Å²) in [5, 5.41) is 4.20. The van der Waals surface area contributed by atoms with E-state index in [1.165, 1.54) is 12.1 Å². The summed E-state index contributed by atoms with van der Waals surface area (Å²) < 4.78 is 21.6. The minimum atomic E-state index is -0.710. The van der Waals surface area contributed by atoms with Gasteiger partial charge in [-0.2, -0.15) is 5.10 Å². The molecule has 4 aromatic rings. The summed E-state index contributed by atoms with van der Waals surface area (Å²) >= 11 is 0. The fourth-order valence-electron chi connectivity index (χ4n) is 2.52. The molecule has 0 saturated heterocycles. The molecular formula is C18H12FN5O2. The number of pyridine rings is 1. The zero-order chi connectivity index (χ0) is 18.1. The molecule has 0 aliphatic heterocycles. The van der Waals surface area contributed by atoms with E-state index in [9.17, 15) is 9.18 Å². The SMILES string of the molecule is NC(=O)c1ccc(Oc2cc(-c3cnccn3)cn3nccc23)c(F)c1. The van der Waals surface area contributed by atoms with E-state index in [2.05, 4.69) is 15.1 Å². The van der Waals surface area contributed by atoms with Crippen LogP contribution >= 0.6 is 0 Å². The van der Waals surface area contributed by atoms with Gasteiger partial charge in [-0.3, -0.25) is 14.8 Å². The van der Waals surface area contributed by atoms with Crippen molar-refractivity contribution < 1.29 is 13.9 Å². The molecule has 0 aliphatic carbocycles. The van der Waals surface area contributed by atoms with E-state index >= 15 is 0 Å². The first-order valence-corrected chi connectivity index (χ1v) is 7.63. The van der Waals surface area contributed by atoms with Crippen molar-refractivity contribution in [3.05, 3.63) is 72.7 Å². The molecule has 8 heteroatoms. The second kappa shape index (κ2) is 6.25. The summed E-state index contributed by atoms with van der Waals surface area (Å²) in [6.45, 7) is 0. The van der Waals surface area contributed by atoms with Gasteiger partial charge in [-0.15, -0.1) is 0 Å². The fourth-order valence-corrected chi connectivity index (χ4v) is 2.52. The number of hydrogen-bond donors (Lipinski definition) is 1. The summed E-state index contributed by atoms with van der Waals surface area (Å²) in [4.78, 5) is 19.5. The smallest absolute Gasteiger partial charge is 0.248 e. The van der Waals surface area contributed by atoms with E-state index in [1.54, 1.807) is 47.6 Å². The Labute approximate surface area is 146 Å². The molecule has 4 rings (SSSR count). The highest BCUT2D eigenvalue weighted by Crippen LogP contribution is 2.32. The number of carbonyl (C=O) groups is 1. The van der Waals surface area contributed by atoms with Crippen molar-refractivity contribution in [2.24, 2.45) is 5.73 Å². The van der Waals surface area contributed by atoms with Crippen LogP contribution in [0.2, 0.25) is 0 Å². The minimum Gasteiger partial charge on any atom is -0.452 e. The third kappa shape index (κ3) is 2.84. The molecule has 0 radical (unpaired) electrons. The van der Waals surface area contributed by atoms with Crippen LogP contribution in [0.1, 0.15) is 10.4 Å². The van der Waals surface area contributed by atoms with Gasteiger partial charge in [0.25, 0.3) is 0 Å². The van der Waals surface area contributed by atoms with E-state index in [0.717, 1.165) is 6.07 Å². The van der Waals surface area contributed by atoms with Crippen LogP contribution in [-0.2, 0) is 0 Å². The number of nitrogens with zero attached hydrogens (tertiary/aromatic N) is 4. The van der Waals surface area contributed by atoms with E-state index in [1.807, 2.05) is 0 Å². The number of carbonyl (C=O) groups excluding carboxylic acids is 1. The highest BCUT2D eigenvalue weighted by molar-refractivity contribution is 5.92. The van der Waals surface area contributed by atoms with Gasteiger partial charge in [0.05, 0.1) is 18.1 Å². The number of aromatic nitrogens is 4. The summed E-state index contributed by atoms with van der Waals surface area (Å²) in [7, 11) is 0. The van der Waals surface area contributed by atoms with Crippen molar-refractivity contribution in [3.8, 4) is 22.8 Å². The molecule has 0 spiro atoms. The van der Waals surface area contributed by atoms with E-state index in [0.29, 0.717) is 22.5 Å². The predicted octanol–water partition coefficient (Wildman–Crippen LogP) is 2.82. The Balaban J connectivity index is 1.79. The van der Waals surface area contributed by atoms with E-state index in [4.69, 9.17) is 10.5 Å². The van der Waals surface area contributed by atoms with Crippen molar-refractivity contribution in [1.82, 2.24) is 19.6 Å². The summed E-state index contributed by atoms with van der Waals surface area (Å²) in [6, 6.07) is 7.27. The maximum absolute atomic E-state index is 14.3. The van der Waals surface area contributed by atoms with Crippen molar-refractivity contribution in [2.75, 3.05) is 0 Å². The Morgan fingerprint density at radius 2 is 2.00 bits per heavy atom. The van der Waals surface area contributed by atoms with Gasteiger partial charge in [-0.05, 0) is 30.3 Å². The van der Waals surface area contributed by atoms with Crippen LogP contribution in [0.5, 0.6) is 11.5 Å². The molecule has 0 bridgehead atoms. The van der Waals surface area contributed by atoms with Gasteiger partial charge in [0.2, 0.25) is 5.91 Å². The molecule has 3 aromatic heterocycles. The van der Waals surface area contributed by atoms with Crippen LogP contribution in [0, 0.1) is 5.82 Å². The lowest BCUT2D eigenvalue weighted by molar-refractivity contribution is 0.1000. The number of benzene rings is 1. The van der Waals surface area contributed by atoms with Gasteiger partial charge >= 0.3 is 0 Å². The van der Waals surface area contributed by atoms with Crippen LogP contribution in [0.4, 0.5) is 4.39 Å². The highest BCUT2D eigenvalue weighted by Gasteiger charge is 2.13. The topological polar surface area (TPSA) is 95.4 Å². The number of ether oxygens (including phenoxy) is 1. The second-order valence-corrected chi connectivity index (χ2v) is 5.46. The lowest BCUT2D eigenvalue weighted by atomic mass is 10.2. The van der Waals surface area contributed by atoms with Gasteiger partial charge in [-0.1, -0.05) is 0 Å². The first-order valence-electron chi connectivity index (χ1n) is 7.63. The normalized spacial score (nSPS) is 10.8. The zero-order valence-corrected chi connectivity index (χ0v) is 13.3. The lowest BCUT2D eigenvalue weighted by Gasteiger charge is -2.11. The minimum absolute atomic E-state index is 0.0330. The number of amides is 1. The highest BCUT2D eigenvalue weighted by atomic mass is 19.1. The predicted molar refractivity (Wildman–Crippen MR) is 91.2 cm³/mol. The van der Waals surface area contributed by atoms with Gasteiger partial charge in [-0.25, -0.2) is 8.91 Å². The molecule has 26 heavy (non-hydrogen) atoms. The van der Waals surface area contributed by atoms with E-state index < -0.39 is 11.7 Å². The average molecular weight is 349 g/mol. The van der Waals surface area contributed by atoms with E-state index in [-0.39, 0.29) is 11.3 Å². The maximum atomic E-state index is 14.3. The second-order valence-electron chi connectivity index (χ2n) is 5.46. The number of nitrogens with two attached hydrogens (primary N) is 1. The van der Waals surface area contributed by atoms with Crippen LogP contribution < -0.4 is 10.5 Å². The average Bonchev–Trinajstić information content (AvgIpc) is 3.13. The quantitative estimate of drug-likeness (QED) is 0.611. The number of halogens is 1. The van der Waals surface area contributed by atoms with Gasteiger partial charge in [0.15, 0.2) is 17.3 Å². The first-order chi connectivity index (χ1) is 12.6. The number of primary amides is 1. The largest absolute Gasteiger partial charge is 0.452 e. The summed E-state index contributed by atoms with van der Waals surface area (Å²) in [5.74, 6) is -1.05. The number of hydrogen-bond acceptors (Lipinski definition) is 5. The molecule has 0 saturated carbocycles. The molecule has 7 nitrogen and oxygen atoms in total. The Hall–Kier alpha value is -3.81. The Morgan fingerprint density at radius 3 is 2.73 bits per heavy atom. The van der Waals surface area contributed by atoms with Crippen molar-refractivity contribution in [1.29, 1.82) is 0 Å². The summed E-state index contributed by atoms with van der Waals surface area (Å²) in [6.07, 6.45) is 8.14. The fraction of sp³-hybridized carbons (Fsp3) is 0. The Bertz CT molecular complexity index is 1110. The Kier molecular flexibility index (Phi) is 3.77. The molecule has 0 aliphatic rings. The third-order valence-electron chi connectivity index (χ3n) is 3.77. The van der Waals surface area contributed by atoms with Crippen LogP contribution in [0.15, 0.2) is 61.3 Å². The van der Waals surface area contributed by atoms with Gasteiger partial charge in [0, 0.05) is 29.7 Å². The first kappa shape index (κ1) is 15.7. The van der Waals surface area contributed by atoms with Crippen LogP contribution in [-0.4, -0.2) is 25.5 Å². The number of rotatable bonds is 4. The van der Waals surface area contributed by atoms with Crippen molar-refractivity contribution >= 4 is 11.4 Å². The van der Waals surface area contributed by atoms with Crippen LogP contribution in [0.3, 0.4) is 0 Å². The summed E-state index contributed by atoms with van der Waals surface area (Å²) in [5.41, 5.74) is 7.21. The third-order valence-corrected chi connectivity index (χ3v) is 3.77.